The normalized spacial score (nSPS) is 19.8. The molecule has 1 aliphatic rings. The summed E-state index contributed by atoms with van der Waals surface area (Å²) >= 11 is 0. The molecule has 0 spiro atoms. The van der Waals surface area contributed by atoms with Crippen molar-refractivity contribution in [1.82, 2.24) is 9.88 Å². The molecule has 2 unspecified atom stereocenters. The molecule has 2 rings (SSSR count). The minimum Gasteiger partial charge on any atom is -0.481 e. The van der Waals surface area contributed by atoms with Crippen LogP contribution in [0.2, 0.25) is 0 Å². The van der Waals surface area contributed by atoms with Crippen LogP contribution < -0.4 is 10.5 Å². The Bertz CT molecular complexity index is 559. The molecule has 2 atom stereocenters. The molecule has 2 N–H and O–H groups in total. The summed E-state index contributed by atoms with van der Waals surface area (Å²) in [5.74, 6) is 3.22. The zero-order chi connectivity index (χ0) is 14.0. The zero-order valence-corrected chi connectivity index (χ0v) is 10.7. The molecule has 0 aliphatic carbocycles. The topological polar surface area (TPSA) is 80.8 Å². The van der Waals surface area contributed by atoms with E-state index < -0.39 is 18.1 Å². The van der Waals surface area contributed by atoms with Gasteiger partial charge in [0.15, 0.2) is 0 Å². The van der Waals surface area contributed by atoms with E-state index in [1.165, 1.54) is 12.0 Å². The summed E-state index contributed by atoms with van der Waals surface area (Å²) in [4.78, 5) is 21.1. The highest BCUT2D eigenvalue weighted by molar-refractivity contribution is 6.03. The maximum atomic E-state index is 11.8. The minimum atomic E-state index is -0.475. The van der Waals surface area contributed by atoms with E-state index in [1.54, 1.807) is 25.3 Å². The molecular weight excluding hydrogens is 244 g/mol. The van der Waals surface area contributed by atoms with Crippen LogP contribution in [0.1, 0.15) is 18.5 Å². The number of hydrogen-bond donors (Lipinski definition) is 1. The van der Waals surface area contributed by atoms with E-state index in [1.807, 2.05) is 0 Å². The third-order valence-corrected chi connectivity index (χ3v) is 2.95. The fraction of sp³-hybridized carbons (Fsp3) is 0.308. The number of terminal acetylenes is 1. The third kappa shape index (κ3) is 2.22. The fourth-order valence-corrected chi connectivity index (χ4v) is 1.96. The molecule has 1 aromatic rings. The molecule has 1 aliphatic heterocycles. The number of urea groups is 1. The molecule has 98 valence electrons. The van der Waals surface area contributed by atoms with Crippen molar-refractivity contribution < 1.29 is 9.53 Å². The van der Waals surface area contributed by atoms with Gasteiger partial charge in [-0.25, -0.2) is 9.78 Å². The van der Waals surface area contributed by atoms with Gasteiger partial charge in [-0.1, -0.05) is 5.92 Å². The summed E-state index contributed by atoms with van der Waals surface area (Å²) in [5, 5.41) is 0. The van der Waals surface area contributed by atoms with E-state index in [-0.39, 0.29) is 5.84 Å². The first-order valence-corrected chi connectivity index (χ1v) is 5.71. The van der Waals surface area contributed by atoms with Gasteiger partial charge < -0.3 is 10.5 Å². The van der Waals surface area contributed by atoms with Gasteiger partial charge >= 0.3 is 6.03 Å². The first-order valence-electron chi connectivity index (χ1n) is 5.71. The highest BCUT2D eigenvalue weighted by Gasteiger charge is 2.37. The lowest BCUT2D eigenvalue weighted by atomic mass is 10.1. The van der Waals surface area contributed by atoms with Crippen LogP contribution in [0.5, 0.6) is 5.88 Å². The average Bonchev–Trinajstić information content (AvgIpc) is 2.72. The molecule has 0 bridgehead atoms. The van der Waals surface area contributed by atoms with E-state index in [2.05, 4.69) is 15.9 Å². The van der Waals surface area contributed by atoms with Gasteiger partial charge in [-0.2, -0.15) is 4.99 Å². The summed E-state index contributed by atoms with van der Waals surface area (Å²) in [6.07, 6.45) is 6.97. The number of aromatic nitrogens is 1. The van der Waals surface area contributed by atoms with E-state index in [9.17, 15) is 4.79 Å². The first-order chi connectivity index (χ1) is 9.08. The largest absolute Gasteiger partial charge is 0.481 e. The summed E-state index contributed by atoms with van der Waals surface area (Å²) in [5.41, 5.74) is 6.56. The monoisotopic (exact) mass is 258 g/mol. The standard InChI is InChI=1S/C13H14N4O2/c1-4-8(2)17-11(12(14)16-13(17)18)9-5-6-10(19-3)15-7-9/h1,5-8,11H,2-3H3,(H2,14,16,18). The number of amidine groups is 1. The highest BCUT2D eigenvalue weighted by atomic mass is 16.5. The molecule has 0 aromatic carbocycles. The number of ether oxygens (including phenoxy) is 1. The number of aliphatic imine (C=N–C) groups is 1. The van der Waals surface area contributed by atoms with Crippen LogP contribution in [0.25, 0.3) is 0 Å². The predicted molar refractivity (Wildman–Crippen MR) is 70.7 cm³/mol. The van der Waals surface area contributed by atoms with E-state index >= 15 is 0 Å². The maximum absolute atomic E-state index is 11.8. The van der Waals surface area contributed by atoms with Crippen LogP contribution in [-0.2, 0) is 0 Å². The SMILES string of the molecule is C#CC(C)N1C(=O)N=C(N)C1c1ccc(OC)nc1. The number of rotatable bonds is 3. The summed E-state index contributed by atoms with van der Waals surface area (Å²) in [7, 11) is 1.53. The Kier molecular flexibility index (Phi) is 3.38. The Labute approximate surface area is 111 Å². The molecule has 2 heterocycles. The van der Waals surface area contributed by atoms with Gasteiger partial charge in [0.25, 0.3) is 0 Å². The van der Waals surface area contributed by atoms with Gasteiger partial charge in [0.2, 0.25) is 5.88 Å². The lowest BCUT2D eigenvalue weighted by molar-refractivity contribution is 0.199. The molecule has 0 saturated carbocycles. The molecule has 6 nitrogen and oxygen atoms in total. The first kappa shape index (κ1) is 12.9. The number of methoxy groups -OCH3 is 1. The Balaban J connectivity index is 2.37. The lowest BCUT2D eigenvalue weighted by Crippen LogP contribution is -2.39. The predicted octanol–water partition coefficient (Wildman–Crippen LogP) is 0.946. The number of hydrogen-bond acceptors (Lipinski definition) is 4. The highest BCUT2D eigenvalue weighted by Crippen LogP contribution is 2.29. The number of amides is 2. The van der Waals surface area contributed by atoms with Crippen molar-refractivity contribution in [1.29, 1.82) is 0 Å². The van der Waals surface area contributed by atoms with Gasteiger partial charge in [0.05, 0.1) is 13.2 Å². The van der Waals surface area contributed by atoms with Gasteiger partial charge in [-0.05, 0) is 13.0 Å². The molecule has 0 fully saturated rings. The number of nitrogens with two attached hydrogens (primary N) is 1. The molecule has 6 heteroatoms. The van der Waals surface area contributed by atoms with Gasteiger partial charge in [0, 0.05) is 17.8 Å². The number of pyridine rings is 1. The Hall–Kier alpha value is -2.55. The van der Waals surface area contributed by atoms with Gasteiger partial charge in [-0.3, -0.25) is 4.90 Å². The maximum Gasteiger partial charge on any atom is 0.347 e. The smallest absolute Gasteiger partial charge is 0.347 e. The van der Waals surface area contributed by atoms with E-state index in [0.717, 1.165) is 5.56 Å². The summed E-state index contributed by atoms with van der Waals surface area (Å²) in [6.45, 7) is 1.75. The van der Waals surface area contributed by atoms with Crippen LogP contribution in [0, 0.1) is 12.3 Å². The molecular formula is C13H14N4O2. The fourth-order valence-electron chi connectivity index (χ4n) is 1.96. The van der Waals surface area contributed by atoms with E-state index in [4.69, 9.17) is 16.9 Å². The second-order valence-corrected chi connectivity index (χ2v) is 4.11. The number of carbonyl (C=O) groups is 1. The second kappa shape index (κ2) is 4.98. The van der Waals surface area contributed by atoms with Crippen molar-refractivity contribution in [2.45, 2.75) is 19.0 Å². The van der Waals surface area contributed by atoms with Gasteiger partial charge in [-0.15, -0.1) is 6.42 Å². The van der Waals surface area contributed by atoms with Gasteiger partial charge in [0.1, 0.15) is 11.9 Å². The Morgan fingerprint density at radius 3 is 2.84 bits per heavy atom. The molecule has 19 heavy (non-hydrogen) atoms. The van der Waals surface area contributed by atoms with Crippen LogP contribution in [0.15, 0.2) is 23.3 Å². The molecule has 0 radical (unpaired) electrons. The van der Waals surface area contributed by atoms with Crippen molar-refractivity contribution in [3.05, 3.63) is 23.9 Å². The average molecular weight is 258 g/mol. The van der Waals surface area contributed by atoms with Crippen LogP contribution >= 0.6 is 0 Å². The number of nitrogens with zero attached hydrogens (tertiary/aromatic N) is 3. The van der Waals surface area contributed by atoms with Crippen molar-refractivity contribution in [3.63, 3.8) is 0 Å². The Morgan fingerprint density at radius 1 is 1.58 bits per heavy atom. The van der Waals surface area contributed by atoms with Crippen molar-refractivity contribution in [3.8, 4) is 18.2 Å². The molecule has 0 saturated heterocycles. The van der Waals surface area contributed by atoms with Crippen molar-refractivity contribution >= 4 is 11.9 Å². The van der Waals surface area contributed by atoms with Crippen LogP contribution in [0.4, 0.5) is 4.79 Å². The second-order valence-electron chi connectivity index (χ2n) is 4.11. The molecule has 1 aromatic heterocycles. The van der Waals surface area contributed by atoms with Crippen LogP contribution in [-0.4, -0.2) is 34.9 Å². The lowest BCUT2D eigenvalue weighted by Gasteiger charge is -2.27. The van der Waals surface area contributed by atoms with Crippen molar-refractivity contribution in [2.75, 3.05) is 7.11 Å². The summed E-state index contributed by atoms with van der Waals surface area (Å²) < 4.78 is 4.99. The summed E-state index contributed by atoms with van der Waals surface area (Å²) in [6, 6.07) is 2.18. The van der Waals surface area contributed by atoms with E-state index in [0.29, 0.717) is 5.88 Å². The quantitative estimate of drug-likeness (QED) is 0.818. The zero-order valence-electron chi connectivity index (χ0n) is 10.7. The van der Waals surface area contributed by atoms with Crippen molar-refractivity contribution in [2.24, 2.45) is 10.7 Å². The number of carbonyl (C=O) groups excluding carboxylic acids is 1. The van der Waals surface area contributed by atoms with Crippen LogP contribution in [0.3, 0.4) is 0 Å². The Morgan fingerprint density at radius 2 is 2.32 bits per heavy atom. The molecule has 2 amide bonds. The third-order valence-electron chi connectivity index (χ3n) is 2.95. The minimum absolute atomic E-state index is 0.221.